The smallest absolute Gasteiger partial charge is 0.254 e. The molecule has 0 radical (unpaired) electrons. The molecule has 0 aromatic heterocycles. The minimum atomic E-state index is -0.0269. The van der Waals surface area contributed by atoms with E-state index in [-0.39, 0.29) is 30.1 Å². The summed E-state index contributed by atoms with van der Waals surface area (Å²) in [4.78, 5) is 28.1. The summed E-state index contributed by atoms with van der Waals surface area (Å²) < 4.78 is 17.3. The maximum atomic E-state index is 13.0. The summed E-state index contributed by atoms with van der Waals surface area (Å²) in [5, 5.41) is 0. The van der Waals surface area contributed by atoms with E-state index in [0.29, 0.717) is 43.2 Å². The highest BCUT2D eigenvalue weighted by atomic mass is 16.5. The van der Waals surface area contributed by atoms with Gasteiger partial charge in [-0.1, -0.05) is 0 Å². The van der Waals surface area contributed by atoms with Gasteiger partial charge < -0.3 is 24.0 Å². The van der Waals surface area contributed by atoms with Gasteiger partial charge >= 0.3 is 0 Å². The lowest BCUT2D eigenvalue weighted by atomic mass is 10.1. The molecule has 2 heterocycles. The van der Waals surface area contributed by atoms with Crippen molar-refractivity contribution in [2.75, 3.05) is 33.3 Å². The van der Waals surface area contributed by atoms with E-state index in [9.17, 15) is 9.59 Å². The number of carbonyl (C=O) groups excluding carboxylic acids is 2. The molecule has 1 aromatic rings. The van der Waals surface area contributed by atoms with Gasteiger partial charge in [0, 0.05) is 51.5 Å². The number of likely N-dealkylation sites (tertiary alicyclic amines) is 1. The molecule has 2 fully saturated rings. The number of rotatable bonds is 4. The van der Waals surface area contributed by atoms with Gasteiger partial charge in [-0.25, -0.2) is 0 Å². The molecule has 7 heteroatoms. The van der Waals surface area contributed by atoms with Crippen LogP contribution in [0, 0.1) is 0 Å². The van der Waals surface area contributed by atoms with Crippen LogP contribution in [0.5, 0.6) is 11.5 Å². The molecule has 0 bridgehead atoms. The fraction of sp³-hybridized carbons (Fsp3) is 0.619. The van der Waals surface area contributed by atoms with Crippen LogP contribution in [0.1, 0.15) is 44.0 Å². The summed E-state index contributed by atoms with van der Waals surface area (Å²) in [6.07, 6.45) is 1.57. The molecule has 2 saturated heterocycles. The normalized spacial score (nSPS) is 23.4. The monoisotopic (exact) mass is 390 g/mol. The Morgan fingerprint density at radius 1 is 1.04 bits per heavy atom. The van der Waals surface area contributed by atoms with Crippen molar-refractivity contribution >= 4 is 11.8 Å². The van der Waals surface area contributed by atoms with Gasteiger partial charge in [0.25, 0.3) is 5.91 Å². The van der Waals surface area contributed by atoms with Crippen LogP contribution in [0.2, 0.25) is 0 Å². The van der Waals surface area contributed by atoms with Crippen LogP contribution in [0.15, 0.2) is 18.2 Å². The van der Waals surface area contributed by atoms with Crippen LogP contribution in [0.4, 0.5) is 0 Å². The lowest BCUT2D eigenvalue weighted by molar-refractivity contribution is -0.130. The molecule has 0 unspecified atom stereocenters. The van der Waals surface area contributed by atoms with Gasteiger partial charge in [0.05, 0.1) is 19.3 Å². The largest absolute Gasteiger partial charge is 0.493 e. The first-order valence-electron chi connectivity index (χ1n) is 9.92. The number of piperidine rings is 1. The van der Waals surface area contributed by atoms with Crippen molar-refractivity contribution < 1.29 is 23.8 Å². The molecule has 1 aromatic carbocycles. The summed E-state index contributed by atoms with van der Waals surface area (Å²) in [7, 11) is 1.59. The number of amides is 2. The first-order valence-corrected chi connectivity index (χ1v) is 9.92. The fourth-order valence-electron chi connectivity index (χ4n) is 3.90. The molecule has 2 aliphatic rings. The lowest BCUT2D eigenvalue weighted by Gasteiger charge is -2.35. The number of nitrogens with zero attached hydrogens (tertiary/aromatic N) is 2. The van der Waals surface area contributed by atoms with Crippen molar-refractivity contribution in [3.63, 3.8) is 0 Å². The second-order valence-electron chi connectivity index (χ2n) is 7.66. The van der Waals surface area contributed by atoms with Crippen LogP contribution < -0.4 is 9.47 Å². The van der Waals surface area contributed by atoms with E-state index >= 15 is 0 Å². The molecule has 0 N–H and O–H groups in total. The van der Waals surface area contributed by atoms with E-state index in [2.05, 4.69) is 0 Å². The zero-order valence-electron chi connectivity index (χ0n) is 17.1. The minimum absolute atomic E-state index is 0.00159. The van der Waals surface area contributed by atoms with Crippen molar-refractivity contribution in [3.05, 3.63) is 23.8 Å². The first-order chi connectivity index (χ1) is 13.4. The van der Waals surface area contributed by atoms with Crippen LogP contribution in [-0.2, 0) is 9.53 Å². The molecule has 0 aliphatic carbocycles. The zero-order chi connectivity index (χ0) is 20.3. The molecule has 2 amide bonds. The molecule has 154 valence electrons. The van der Waals surface area contributed by atoms with Crippen LogP contribution >= 0.6 is 0 Å². The van der Waals surface area contributed by atoms with Crippen molar-refractivity contribution in [3.8, 4) is 11.5 Å². The molecule has 7 nitrogen and oxygen atoms in total. The highest BCUT2D eigenvalue weighted by Gasteiger charge is 2.28. The minimum Gasteiger partial charge on any atom is -0.493 e. The summed E-state index contributed by atoms with van der Waals surface area (Å²) in [5.74, 6) is 1.25. The predicted octanol–water partition coefficient (Wildman–Crippen LogP) is 2.33. The number of hydrogen-bond acceptors (Lipinski definition) is 5. The maximum Gasteiger partial charge on any atom is 0.254 e. The number of morpholine rings is 1. The van der Waals surface area contributed by atoms with E-state index in [1.165, 1.54) is 0 Å². The van der Waals surface area contributed by atoms with Gasteiger partial charge in [-0.2, -0.15) is 0 Å². The topological polar surface area (TPSA) is 68.3 Å². The third-order valence-corrected chi connectivity index (χ3v) is 5.30. The van der Waals surface area contributed by atoms with Crippen molar-refractivity contribution in [1.82, 2.24) is 9.80 Å². The van der Waals surface area contributed by atoms with E-state index in [4.69, 9.17) is 14.2 Å². The van der Waals surface area contributed by atoms with E-state index in [1.807, 2.05) is 23.6 Å². The molecular weight excluding hydrogens is 360 g/mol. The lowest BCUT2D eigenvalue weighted by Crippen LogP contribution is -2.48. The van der Waals surface area contributed by atoms with Gasteiger partial charge in [0.1, 0.15) is 6.10 Å². The van der Waals surface area contributed by atoms with Crippen LogP contribution in [-0.4, -0.2) is 73.2 Å². The van der Waals surface area contributed by atoms with Gasteiger partial charge in [-0.15, -0.1) is 0 Å². The first kappa shape index (κ1) is 20.5. The third-order valence-electron chi connectivity index (χ3n) is 5.30. The highest BCUT2D eigenvalue weighted by molar-refractivity contribution is 5.95. The number of hydrogen-bond donors (Lipinski definition) is 0. The second-order valence-corrected chi connectivity index (χ2v) is 7.66. The number of benzene rings is 1. The number of methoxy groups -OCH3 is 1. The molecule has 2 aliphatic heterocycles. The third kappa shape index (κ3) is 4.76. The summed E-state index contributed by atoms with van der Waals surface area (Å²) in [6, 6.07) is 5.32. The fourth-order valence-corrected chi connectivity index (χ4v) is 3.90. The Hall–Kier alpha value is -2.28. The highest BCUT2D eigenvalue weighted by Crippen LogP contribution is 2.31. The Kier molecular flexibility index (Phi) is 6.44. The summed E-state index contributed by atoms with van der Waals surface area (Å²) in [5.41, 5.74) is 0.582. The zero-order valence-corrected chi connectivity index (χ0v) is 17.1. The Morgan fingerprint density at radius 3 is 2.25 bits per heavy atom. The van der Waals surface area contributed by atoms with Gasteiger partial charge in [-0.3, -0.25) is 9.59 Å². The van der Waals surface area contributed by atoms with E-state index in [1.54, 1.807) is 32.2 Å². The van der Waals surface area contributed by atoms with Crippen molar-refractivity contribution in [1.29, 1.82) is 0 Å². The molecule has 0 spiro atoms. The van der Waals surface area contributed by atoms with E-state index < -0.39 is 0 Å². The average Bonchev–Trinajstić information content (AvgIpc) is 2.67. The van der Waals surface area contributed by atoms with Gasteiger partial charge in [0.15, 0.2) is 11.5 Å². The van der Waals surface area contributed by atoms with Gasteiger partial charge in [-0.05, 0) is 32.0 Å². The summed E-state index contributed by atoms with van der Waals surface area (Å²) in [6.45, 7) is 8.07. The van der Waals surface area contributed by atoms with E-state index in [0.717, 1.165) is 12.8 Å². The quantitative estimate of drug-likeness (QED) is 0.789. The molecule has 3 rings (SSSR count). The van der Waals surface area contributed by atoms with Crippen LogP contribution in [0.3, 0.4) is 0 Å². The standard InChI is InChI=1S/C21H30N2O5/c1-14-12-23(13-15(2)27-14)21(25)17-5-6-19(26-4)20(11-17)28-18-7-9-22(10-8-18)16(3)24/h5-6,11,14-15,18H,7-10,12-13H2,1-4H3/t14-,15+. The van der Waals surface area contributed by atoms with Crippen molar-refractivity contribution in [2.45, 2.75) is 51.9 Å². The SMILES string of the molecule is COc1ccc(C(=O)N2C[C@@H](C)O[C@@H](C)C2)cc1OC1CCN(C(C)=O)CC1. The number of carbonyl (C=O) groups is 2. The Morgan fingerprint density at radius 2 is 1.68 bits per heavy atom. The number of ether oxygens (including phenoxy) is 3. The molecular formula is C21H30N2O5. The molecule has 0 saturated carbocycles. The Labute approximate surface area is 166 Å². The molecule has 28 heavy (non-hydrogen) atoms. The maximum absolute atomic E-state index is 13.0. The predicted molar refractivity (Wildman–Crippen MR) is 105 cm³/mol. The van der Waals surface area contributed by atoms with Crippen molar-refractivity contribution in [2.24, 2.45) is 0 Å². The second kappa shape index (κ2) is 8.82. The van der Waals surface area contributed by atoms with Gasteiger partial charge in [0.2, 0.25) is 5.91 Å². The Bertz CT molecular complexity index is 705. The summed E-state index contributed by atoms with van der Waals surface area (Å²) >= 11 is 0. The Balaban J connectivity index is 1.71. The average molecular weight is 390 g/mol. The van der Waals surface area contributed by atoms with Crippen LogP contribution in [0.25, 0.3) is 0 Å². The molecule has 2 atom stereocenters.